The second kappa shape index (κ2) is 15.1. The van der Waals surface area contributed by atoms with Crippen LogP contribution in [0.1, 0.15) is 70.3 Å². The number of carbonyl (C=O) groups is 2. The molecule has 2 aliphatic heterocycles. The molecule has 19 heteroatoms. The van der Waals surface area contributed by atoms with E-state index in [1.54, 1.807) is 53.6 Å². The molecule has 286 valence electrons. The topological polar surface area (TPSA) is 219 Å². The van der Waals surface area contributed by atoms with Gasteiger partial charge in [-0.15, -0.1) is 0 Å². The molecule has 7 rings (SSSR count). The zero-order valence-corrected chi connectivity index (χ0v) is 31.6. The lowest BCUT2D eigenvalue weighted by Gasteiger charge is -2.27. The number of nitrogens with zero attached hydrogens (tertiary/aromatic N) is 7. The van der Waals surface area contributed by atoms with E-state index in [9.17, 15) is 18.9 Å². The minimum Gasteiger partial charge on any atom is -0.352 e. The highest BCUT2D eigenvalue weighted by atomic mass is 31.2. The summed E-state index contributed by atoms with van der Waals surface area (Å²) in [7, 11) is -3.73. The van der Waals surface area contributed by atoms with Gasteiger partial charge in [-0.1, -0.05) is 52.8 Å². The van der Waals surface area contributed by atoms with Gasteiger partial charge in [0.2, 0.25) is 11.9 Å². The average molecular weight is 763 g/mol. The second-order valence-electron chi connectivity index (χ2n) is 14.1. The largest absolute Gasteiger partial charge is 0.352 e. The number of fused-ring (bicyclic) bond motifs is 2. The van der Waals surface area contributed by atoms with Crippen LogP contribution in [0.2, 0.25) is 0 Å². The fourth-order valence-corrected chi connectivity index (χ4v) is 7.97. The Morgan fingerprint density at radius 2 is 1.74 bits per heavy atom. The molecule has 5 aromatic rings. The Morgan fingerprint density at radius 3 is 2.48 bits per heavy atom. The molecule has 2 amide bonds. The summed E-state index contributed by atoms with van der Waals surface area (Å²) in [4.78, 5) is 62.5. The molecule has 3 N–H and O–H groups in total. The molecule has 2 aliphatic rings. The number of benzene rings is 1. The first kappa shape index (κ1) is 37.4. The van der Waals surface area contributed by atoms with E-state index in [4.69, 9.17) is 18.5 Å². The zero-order valence-electron chi connectivity index (χ0n) is 30.7. The van der Waals surface area contributed by atoms with Crippen molar-refractivity contribution in [1.82, 2.24) is 39.0 Å². The second-order valence-corrected chi connectivity index (χ2v) is 16.1. The van der Waals surface area contributed by atoms with Crippen molar-refractivity contribution in [2.75, 3.05) is 23.9 Å². The van der Waals surface area contributed by atoms with Crippen molar-refractivity contribution >= 4 is 53.5 Å². The summed E-state index contributed by atoms with van der Waals surface area (Å²) in [6.07, 6.45) is 2.85. The third-order valence-electron chi connectivity index (χ3n) is 9.84. The molecule has 6 heterocycles. The van der Waals surface area contributed by atoms with Crippen molar-refractivity contribution in [3.63, 3.8) is 0 Å². The summed E-state index contributed by atoms with van der Waals surface area (Å²) in [6.45, 7) is 10.8. The number of rotatable bonds is 12. The zero-order chi connectivity index (χ0) is 38.3. The van der Waals surface area contributed by atoms with Crippen molar-refractivity contribution in [2.24, 2.45) is 17.8 Å². The molecule has 54 heavy (non-hydrogen) atoms. The molecule has 8 atom stereocenters. The number of imidazole rings is 2. The normalized spacial score (nSPS) is 25.4. The molecule has 1 aromatic carbocycles. The van der Waals surface area contributed by atoms with E-state index in [0.29, 0.717) is 29.6 Å². The summed E-state index contributed by atoms with van der Waals surface area (Å²) in [6, 6.07) is 8.81. The number of aromatic amines is 1. The number of hydrogen-bond donors (Lipinski definition) is 3. The summed E-state index contributed by atoms with van der Waals surface area (Å²) < 4.78 is 42.4. The molecule has 0 aliphatic carbocycles. The Balaban J connectivity index is 1.04. The van der Waals surface area contributed by atoms with E-state index in [-0.39, 0.29) is 65.2 Å². The van der Waals surface area contributed by atoms with Crippen LogP contribution < -0.4 is 16.2 Å². The monoisotopic (exact) mass is 762 g/mol. The van der Waals surface area contributed by atoms with E-state index in [1.165, 1.54) is 19.3 Å². The van der Waals surface area contributed by atoms with Crippen LogP contribution in [0.15, 0.2) is 54.1 Å². The lowest BCUT2D eigenvalue weighted by molar-refractivity contribution is -0.118. The highest BCUT2D eigenvalue weighted by molar-refractivity contribution is 7.53. The minimum absolute atomic E-state index is 0.00404. The van der Waals surface area contributed by atoms with Crippen LogP contribution in [0.3, 0.4) is 0 Å². The number of amides is 2. The molecule has 2 fully saturated rings. The third kappa shape index (κ3) is 7.44. The van der Waals surface area contributed by atoms with E-state index in [0.717, 1.165) is 0 Å². The van der Waals surface area contributed by atoms with Gasteiger partial charge in [-0.25, -0.2) is 19.9 Å². The lowest BCUT2D eigenvalue weighted by atomic mass is 9.99. The van der Waals surface area contributed by atoms with Crippen LogP contribution in [0.5, 0.6) is 0 Å². The highest BCUT2D eigenvalue weighted by Crippen LogP contribution is 2.52. The predicted octanol–water partition coefficient (Wildman–Crippen LogP) is 4.90. The number of aromatic nitrogens is 8. The molecule has 18 nitrogen and oxygen atoms in total. The van der Waals surface area contributed by atoms with Crippen molar-refractivity contribution in [1.29, 1.82) is 0 Å². The quantitative estimate of drug-likeness (QED) is 0.144. The van der Waals surface area contributed by atoms with E-state index >= 15 is 0 Å². The van der Waals surface area contributed by atoms with Crippen molar-refractivity contribution < 1.29 is 32.7 Å². The SMILES string of the molecule is CC[C@H]1O[C@@H](n2cnc3c(=O)[nH]c(NC(=O)C(C)C)nc32)[C@H](OP(C)(=O)OC[C@H]2O[C@@H](n3cnc4c(NC(=O)c5ccccc5)ncnc43)C[C@@H]2C)[C@@H]1C. The Bertz CT molecular complexity index is 2280. The standard InChI is InChI=1S/C35H43N10O8P/c1-7-22-20(5)27(34(52-22)45-17-39-26-30(45)41-35(43-33(26)48)42-31(46)18(2)3)53-54(6,49)50-14-23-19(4)13-24(51-23)44-16-38-25-28(36-15-37-29(25)44)40-32(47)21-11-9-8-10-12-21/h8-12,15-20,22-24,27,34H,7,13-14H2,1-6H3,(H,36,37,40,47)(H2,41,42,43,46,48)/t19-,20+,22+,23+,24+,27+,34+,54?/m0/s1. The molecular formula is C35H43N10O8P. The number of nitrogens with one attached hydrogen (secondary N) is 3. The molecule has 0 radical (unpaired) electrons. The third-order valence-corrected chi connectivity index (χ3v) is 11.1. The number of carbonyl (C=O) groups excluding carboxylic acids is 2. The van der Waals surface area contributed by atoms with Gasteiger partial charge in [-0.3, -0.25) is 38.4 Å². The Hall–Kier alpha value is -4.87. The fraction of sp³-hybridized carbons (Fsp3) is 0.486. The number of ether oxygens (including phenoxy) is 2. The smallest absolute Gasteiger partial charge is 0.328 e. The summed E-state index contributed by atoms with van der Waals surface area (Å²) >= 11 is 0. The Kier molecular flexibility index (Phi) is 10.5. The van der Waals surface area contributed by atoms with Gasteiger partial charge in [0, 0.05) is 24.1 Å². The van der Waals surface area contributed by atoms with Gasteiger partial charge < -0.3 is 23.8 Å². The number of H-pyrrole nitrogens is 1. The maximum atomic E-state index is 14.0. The van der Waals surface area contributed by atoms with Crippen LogP contribution in [0.25, 0.3) is 22.3 Å². The molecule has 0 saturated carbocycles. The summed E-state index contributed by atoms with van der Waals surface area (Å²) in [5.74, 6) is -0.936. The van der Waals surface area contributed by atoms with Gasteiger partial charge in [-0.2, -0.15) is 4.98 Å². The van der Waals surface area contributed by atoms with Crippen molar-refractivity contribution in [2.45, 2.75) is 78.2 Å². The van der Waals surface area contributed by atoms with E-state index in [1.807, 2.05) is 26.8 Å². The first-order valence-corrected chi connectivity index (χ1v) is 19.9. The maximum Gasteiger partial charge on any atom is 0.328 e. The van der Waals surface area contributed by atoms with Crippen LogP contribution in [0.4, 0.5) is 11.8 Å². The fourth-order valence-electron chi connectivity index (χ4n) is 6.75. The predicted molar refractivity (Wildman–Crippen MR) is 197 cm³/mol. The van der Waals surface area contributed by atoms with Gasteiger partial charge in [0.1, 0.15) is 18.7 Å². The first-order valence-electron chi connectivity index (χ1n) is 17.9. The number of anilines is 2. The van der Waals surface area contributed by atoms with Gasteiger partial charge in [0.25, 0.3) is 11.5 Å². The van der Waals surface area contributed by atoms with E-state index < -0.39 is 37.8 Å². The molecule has 2 saturated heterocycles. The van der Waals surface area contributed by atoms with Gasteiger partial charge >= 0.3 is 7.60 Å². The molecule has 0 spiro atoms. The highest BCUT2D eigenvalue weighted by Gasteiger charge is 2.47. The van der Waals surface area contributed by atoms with Crippen LogP contribution in [0, 0.1) is 17.8 Å². The first-order chi connectivity index (χ1) is 25.8. The van der Waals surface area contributed by atoms with Gasteiger partial charge in [-0.05, 0) is 30.9 Å². The van der Waals surface area contributed by atoms with Crippen LogP contribution >= 0.6 is 7.60 Å². The Labute approximate surface area is 309 Å². The Morgan fingerprint density at radius 1 is 1.00 bits per heavy atom. The molecular weight excluding hydrogens is 719 g/mol. The van der Waals surface area contributed by atoms with Gasteiger partial charge in [0.05, 0.1) is 31.5 Å². The number of hydrogen-bond acceptors (Lipinski definition) is 13. The summed E-state index contributed by atoms with van der Waals surface area (Å²) in [5, 5.41) is 5.44. The maximum absolute atomic E-state index is 14.0. The van der Waals surface area contributed by atoms with E-state index in [2.05, 4.69) is 40.5 Å². The van der Waals surface area contributed by atoms with Crippen molar-refractivity contribution in [3.05, 3.63) is 65.2 Å². The molecule has 4 aromatic heterocycles. The van der Waals surface area contributed by atoms with Gasteiger partial charge in [0.15, 0.2) is 34.4 Å². The van der Waals surface area contributed by atoms with Crippen LogP contribution in [-0.4, -0.2) is 82.4 Å². The van der Waals surface area contributed by atoms with Crippen molar-refractivity contribution in [3.8, 4) is 0 Å². The van der Waals surface area contributed by atoms with Crippen LogP contribution in [-0.2, 0) is 27.9 Å². The lowest BCUT2D eigenvalue weighted by Crippen LogP contribution is -2.28. The average Bonchev–Trinajstić information content (AvgIpc) is 3.93. The summed E-state index contributed by atoms with van der Waals surface area (Å²) in [5.41, 5.74) is 1.08. The molecule has 1 unspecified atom stereocenters. The molecule has 0 bridgehead atoms. The minimum atomic E-state index is -3.73.